The Morgan fingerprint density at radius 2 is 2.21 bits per heavy atom. The lowest BCUT2D eigenvalue weighted by molar-refractivity contribution is 0.436. The molecule has 1 atom stereocenters. The van der Waals surface area contributed by atoms with E-state index in [0.717, 1.165) is 6.42 Å². The molecule has 0 aliphatic heterocycles. The van der Waals surface area contributed by atoms with Crippen molar-refractivity contribution in [3.05, 3.63) is 29.6 Å². The second-order valence-electron chi connectivity index (χ2n) is 4.08. The third kappa shape index (κ3) is 2.79. The van der Waals surface area contributed by atoms with Gasteiger partial charge in [0.1, 0.15) is 0 Å². The molecule has 1 heterocycles. The first-order chi connectivity index (χ1) is 6.65. The zero-order valence-corrected chi connectivity index (χ0v) is 9.12. The number of aromatic nitrogens is 1. The van der Waals surface area contributed by atoms with E-state index in [2.05, 4.69) is 31.2 Å². The lowest BCUT2D eigenvalue weighted by atomic mass is 9.96. The van der Waals surface area contributed by atoms with E-state index >= 15 is 0 Å². The molecule has 3 N–H and O–H groups in total. The van der Waals surface area contributed by atoms with Gasteiger partial charge in [-0.2, -0.15) is 0 Å². The number of aryl methyl sites for hydroxylation is 1. The van der Waals surface area contributed by atoms with Crippen LogP contribution >= 0.6 is 0 Å². The van der Waals surface area contributed by atoms with Crippen molar-refractivity contribution in [2.24, 2.45) is 11.8 Å². The SMILES string of the molecule is Cc1cnccc1C(CC(C)C)NN. The second-order valence-corrected chi connectivity index (χ2v) is 4.08. The largest absolute Gasteiger partial charge is 0.271 e. The van der Waals surface area contributed by atoms with Crippen molar-refractivity contribution in [2.75, 3.05) is 0 Å². The van der Waals surface area contributed by atoms with Gasteiger partial charge in [0.05, 0.1) is 0 Å². The van der Waals surface area contributed by atoms with Crippen LogP contribution in [-0.2, 0) is 0 Å². The standard InChI is InChI=1S/C11H19N3/c1-8(2)6-11(14-12)10-4-5-13-7-9(10)3/h4-5,7-8,11,14H,6,12H2,1-3H3. The average molecular weight is 193 g/mol. The Labute approximate surface area is 85.7 Å². The molecule has 0 aromatic carbocycles. The summed E-state index contributed by atoms with van der Waals surface area (Å²) in [6, 6.07) is 2.26. The molecule has 0 aliphatic carbocycles. The van der Waals surface area contributed by atoms with Gasteiger partial charge in [0.25, 0.3) is 0 Å². The van der Waals surface area contributed by atoms with Crippen LogP contribution < -0.4 is 11.3 Å². The van der Waals surface area contributed by atoms with Gasteiger partial charge in [-0.15, -0.1) is 0 Å². The Bertz CT molecular complexity index is 284. The van der Waals surface area contributed by atoms with Gasteiger partial charge in [-0.25, -0.2) is 0 Å². The minimum atomic E-state index is 0.234. The Morgan fingerprint density at radius 3 is 2.71 bits per heavy atom. The summed E-state index contributed by atoms with van der Waals surface area (Å²) < 4.78 is 0. The molecule has 0 radical (unpaired) electrons. The van der Waals surface area contributed by atoms with Gasteiger partial charge in [0.15, 0.2) is 0 Å². The van der Waals surface area contributed by atoms with Crippen molar-refractivity contribution in [3.8, 4) is 0 Å². The fourth-order valence-electron chi connectivity index (χ4n) is 1.63. The monoisotopic (exact) mass is 193 g/mol. The fourth-order valence-corrected chi connectivity index (χ4v) is 1.63. The molecular weight excluding hydrogens is 174 g/mol. The van der Waals surface area contributed by atoms with Gasteiger partial charge in [-0.05, 0) is 36.5 Å². The Kier molecular flexibility index (Phi) is 4.04. The van der Waals surface area contributed by atoms with Crippen LogP contribution in [0.3, 0.4) is 0 Å². The summed E-state index contributed by atoms with van der Waals surface area (Å²) in [5.74, 6) is 6.18. The summed E-state index contributed by atoms with van der Waals surface area (Å²) >= 11 is 0. The summed E-state index contributed by atoms with van der Waals surface area (Å²) in [6.07, 6.45) is 4.73. The fraction of sp³-hybridized carbons (Fsp3) is 0.545. The second kappa shape index (κ2) is 5.08. The summed E-state index contributed by atoms with van der Waals surface area (Å²) in [5, 5.41) is 0. The first kappa shape index (κ1) is 11.1. The molecule has 1 rings (SSSR count). The number of rotatable bonds is 4. The first-order valence-corrected chi connectivity index (χ1v) is 5.01. The van der Waals surface area contributed by atoms with E-state index in [1.165, 1.54) is 11.1 Å². The van der Waals surface area contributed by atoms with Crippen molar-refractivity contribution in [1.29, 1.82) is 0 Å². The van der Waals surface area contributed by atoms with E-state index in [-0.39, 0.29) is 6.04 Å². The topological polar surface area (TPSA) is 50.9 Å². The van der Waals surface area contributed by atoms with E-state index < -0.39 is 0 Å². The lowest BCUT2D eigenvalue weighted by Gasteiger charge is -2.19. The Hall–Kier alpha value is -0.930. The van der Waals surface area contributed by atoms with Crippen molar-refractivity contribution >= 4 is 0 Å². The van der Waals surface area contributed by atoms with E-state index in [9.17, 15) is 0 Å². The molecule has 0 amide bonds. The Morgan fingerprint density at radius 1 is 1.50 bits per heavy atom. The molecule has 3 heteroatoms. The molecule has 78 valence electrons. The highest BCUT2D eigenvalue weighted by Crippen LogP contribution is 2.22. The maximum Gasteiger partial charge on any atom is 0.0466 e. The summed E-state index contributed by atoms with van der Waals surface area (Å²) in [6.45, 7) is 6.45. The number of hydrogen-bond donors (Lipinski definition) is 2. The molecule has 0 saturated heterocycles. The highest BCUT2D eigenvalue weighted by Gasteiger charge is 2.13. The van der Waals surface area contributed by atoms with Gasteiger partial charge in [-0.1, -0.05) is 13.8 Å². The molecule has 14 heavy (non-hydrogen) atoms. The van der Waals surface area contributed by atoms with Crippen LogP contribution in [0.15, 0.2) is 18.5 Å². The van der Waals surface area contributed by atoms with Crippen LogP contribution in [0.4, 0.5) is 0 Å². The molecule has 3 nitrogen and oxygen atoms in total. The number of pyridine rings is 1. The van der Waals surface area contributed by atoms with E-state index in [4.69, 9.17) is 5.84 Å². The van der Waals surface area contributed by atoms with E-state index in [1.54, 1.807) is 0 Å². The highest BCUT2D eigenvalue weighted by atomic mass is 15.2. The predicted octanol–water partition coefficient (Wildman–Crippen LogP) is 1.94. The minimum Gasteiger partial charge on any atom is -0.271 e. The van der Waals surface area contributed by atoms with E-state index in [0.29, 0.717) is 5.92 Å². The van der Waals surface area contributed by atoms with Gasteiger partial charge in [-0.3, -0.25) is 16.3 Å². The highest BCUT2D eigenvalue weighted by molar-refractivity contribution is 5.25. The normalized spacial score (nSPS) is 13.2. The zero-order chi connectivity index (χ0) is 10.6. The zero-order valence-electron chi connectivity index (χ0n) is 9.12. The van der Waals surface area contributed by atoms with Gasteiger partial charge < -0.3 is 0 Å². The van der Waals surface area contributed by atoms with Crippen LogP contribution in [0.1, 0.15) is 37.4 Å². The molecule has 0 saturated carbocycles. The van der Waals surface area contributed by atoms with Crippen LogP contribution in [0.2, 0.25) is 0 Å². The molecule has 1 unspecified atom stereocenters. The number of nitrogens with two attached hydrogens (primary N) is 1. The maximum atomic E-state index is 5.55. The molecule has 1 aromatic rings. The smallest absolute Gasteiger partial charge is 0.0466 e. The summed E-state index contributed by atoms with van der Waals surface area (Å²) in [5.41, 5.74) is 5.30. The van der Waals surface area contributed by atoms with Crippen LogP contribution in [0.5, 0.6) is 0 Å². The summed E-state index contributed by atoms with van der Waals surface area (Å²) in [7, 11) is 0. The van der Waals surface area contributed by atoms with Crippen molar-refractivity contribution in [1.82, 2.24) is 10.4 Å². The lowest BCUT2D eigenvalue weighted by Crippen LogP contribution is -2.29. The number of nitrogens with one attached hydrogen (secondary N) is 1. The average Bonchev–Trinajstić information content (AvgIpc) is 2.15. The number of nitrogens with zero attached hydrogens (tertiary/aromatic N) is 1. The quantitative estimate of drug-likeness (QED) is 0.567. The number of hydrogen-bond acceptors (Lipinski definition) is 3. The van der Waals surface area contributed by atoms with Gasteiger partial charge in [0.2, 0.25) is 0 Å². The van der Waals surface area contributed by atoms with Crippen LogP contribution in [0, 0.1) is 12.8 Å². The summed E-state index contributed by atoms with van der Waals surface area (Å²) in [4.78, 5) is 4.07. The third-order valence-corrected chi connectivity index (χ3v) is 2.35. The molecule has 0 spiro atoms. The van der Waals surface area contributed by atoms with Gasteiger partial charge >= 0.3 is 0 Å². The van der Waals surface area contributed by atoms with Crippen molar-refractivity contribution in [2.45, 2.75) is 33.2 Å². The van der Waals surface area contributed by atoms with Crippen molar-refractivity contribution in [3.63, 3.8) is 0 Å². The molecular formula is C11H19N3. The number of hydrazine groups is 1. The molecule has 0 fully saturated rings. The van der Waals surface area contributed by atoms with Crippen LogP contribution in [0.25, 0.3) is 0 Å². The third-order valence-electron chi connectivity index (χ3n) is 2.35. The Balaban J connectivity index is 2.83. The van der Waals surface area contributed by atoms with Gasteiger partial charge in [0, 0.05) is 18.4 Å². The van der Waals surface area contributed by atoms with E-state index in [1.807, 2.05) is 18.5 Å². The van der Waals surface area contributed by atoms with Crippen molar-refractivity contribution < 1.29 is 0 Å². The maximum absolute atomic E-state index is 5.55. The molecule has 0 bridgehead atoms. The van der Waals surface area contributed by atoms with Crippen LogP contribution in [-0.4, -0.2) is 4.98 Å². The molecule has 1 aromatic heterocycles. The molecule has 0 aliphatic rings. The predicted molar refractivity (Wildman–Crippen MR) is 58.5 cm³/mol. The minimum absolute atomic E-state index is 0.234. The first-order valence-electron chi connectivity index (χ1n) is 5.01.